The number of nitrogens with two attached hydrogens (primary N) is 1. The lowest BCUT2D eigenvalue weighted by Gasteiger charge is -2.12. The SMILES string of the molecule is CCNC(=NCc1cccc(C(N)=O)c1)NCCCn1nc(C)cc1C.I. The molecule has 0 aliphatic heterocycles. The molecule has 8 heteroatoms. The number of carbonyl (C=O) groups excluding carboxylic acids is 1. The zero-order chi connectivity index (χ0) is 18.9. The van der Waals surface area contributed by atoms with Gasteiger partial charge >= 0.3 is 0 Å². The fourth-order valence-electron chi connectivity index (χ4n) is 2.67. The molecule has 2 aromatic rings. The molecule has 0 aliphatic carbocycles. The van der Waals surface area contributed by atoms with E-state index in [2.05, 4.69) is 33.7 Å². The molecule has 0 saturated heterocycles. The van der Waals surface area contributed by atoms with Crippen molar-refractivity contribution in [3.05, 3.63) is 52.8 Å². The first kappa shape index (κ1) is 22.9. The van der Waals surface area contributed by atoms with E-state index in [-0.39, 0.29) is 24.0 Å². The molecule has 0 atom stereocenters. The highest BCUT2D eigenvalue weighted by Gasteiger charge is 2.03. The Morgan fingerprint density at radius 3 is 2.67 bits per heavy atom. The molecule has 0 radical (unpaired) electrons. The van der Waals surface area contributed by atoms with Crippen LogP contribution in [0.1, 0.15) is 40.7 Å². The number of amides is 1. The number of aliphatic imine (C=N–C) groups is 1. The zero-order valence-corrected chi connectivity index (χ0v) is 18.5. The molecule has 1 aromatic carbocycles. The van der Waals surface area contributed by atoms with Crippen LogP contribution < -0.4 is 16.4 Å². The van der Waals surface area contributed by atoms with Gasteiger partial charge in [-0.05, 0) is 51.0 Å². The minimum atomic E-state index is -0.426. The summed E-state index contributed by atoms with van der Waals surface area (Å²) >= 11 is 0. The van der Waals surface area contributed by atoms with Crippen LogP contribution >= 0.6 is 24.0 Å². The Labute approximate surface area is 177 Å². The molecule has 0 aliphatic rings. The molecular formula is C19H29IN6O. The van der Waals surface area contributed by atoms with Crippen LogP contribution in [-0.4, -0.2) is 34.7 Å². The van der Waals surface area contributed by atoms with E-state index in [0.717, 1.165) is 43.3 Å². The largest absolute Gasteiger partial charge is 0.366 e. The highest BCUT2D eigenvalue weighted by Crippen LogP contribution is 2.06. The van der Waals surface area contributed by atoms with Gasteiger partial charge in [-0.1, -0.05) is 12.1 Å². The summed E-state index contributed by atoms with van der Waals surface area (Å²) in [5.74, 6) is 0.329. The standard InChI is InChI=1S/C19H28N6O.HI/c1-4-21-19(22-9-6-10-25-15(3)11-14(2)24-25)23-13-16-7-5-8-17(12-16)18(20)26;/h5,7-8,11-12H,4,6,9-10,13H2,1-3H3,(H2,20,26)(H2,21,22,23);1H. The van der Waals surface area contributed by atoms with Crippen LogP contribution in [-0.2, 0) is 13.1 Å². The summed E-state index contributed by atoms with van der Waals surface area (Å²) in [4.78, 5) is 15.8. The number of hydrogen-bond donors (Lipinski definition) is 3. The van der Waals surface area contributed by atoms with Crippen molar-refractivity contribution in [3.63, 3.8) is 0 Å². The van der Waals surface area contributed by atoms with Gasteiger partial charge in [-0.2, -0.15) is 5.10 Å². The van der Waals surface area contributed by atoms with Crippen molar-refractivity contribution in [2.24, 2.45) is 10.7 Å². The average molecular weight is 484 g/mol. The fourth-order valence-corrected chi connectivity index (χ4v) is 2.67. The van der Waals surface area contributed by atoms with E-state index in [1.54, 1.807) is 12.1 Å². The Hall–Kier alpha value is -2.10. The second-order valence-corrected chi connectivity index (χ2v) is 6.19. The van der Waals surface area contributed by atoms with Crippen LogP contribution in [0.15, 0.2) is 35.3 Å². The maximum atomic E-state index is 11.3. The van der Waals surface area contributed by atoms with Crippen molar-refractivity contribution in [1.29, 1.82) is 0 Å². The molecule has 1 amide bonds. The third-order valence-corrected chi connectivity index (χ3v) is 3.92. The molecule has 0 fully saturated rings. The van der Waals surface area contributed by atoms with Gasteiger partial charge < -0.3 is 16.4 Å². The van der Waals surface area contributed by atoms with E-state index in [1.165, 1.54) is 5.69 Å². The summed E-state index contributed by atoms with van der Waals surface area (Å²) < 4.78 is 2.02. The van der Waals surface area contributed by atoms with Crippen LogP contribution in [0, 0.1) is 13.8 Å². The molecule has 148 valence electrons. The lowest BCUT2D eigenvalue weighted by Crippen LogP contribution is -2.38. The molecule has 0 spiro atoms. The van der Waals surface area contributed by atoms with E-state index in [0.29, 0.717) is 12.1 Å². The van der Waals surface area contributed by atoms with E-state index in [9.17, 15) is 4.79 Å². The number of aryl methyl sites for hydroxylation is 3. The third kappa shape index (κ3) is 7.58. The Morgan fingerprint density at radius 2 is 2.04 bits per heavy atom. The maximum absolute atomic E-state index is 11.3. The van der Waals surface area contributed by atoms with Crippen LogP contribution in [0.25, 0.3) is 0 Å². The van der Waals surface area contributed by atoms with Crippen LogP contribution in [0.5, 0.6) is 0 Å². The summed E-state index contributed by atoms with van der Waals surface area (Å²) in [6, 6.07) is 9.32. The summed E-state index contributed by atoms with van der Waals surface area (Å²) in [6.07, 6.45) is 0.948. The van der Waals surface area contributed by atoms with Gasteiger partial charge in [-0.3, -0.25) is 9.48 Å². The average Bonchev–Trinajstić information content (AvgIpc) is 2.94. The number of rotatable bonds is 8. The first-order valence-corrected chi connectivity index (χ1v) is 8.91. The van der Waals surface area contributed by atoms with E-state index < -0.39 is 5.91 Å². The number of carbonyl (C=O) groups is 1. The van der Waals surface area contributed by atoms with Gasteiger partial charge in [0.05, 0.1) is 12.2 Å². The van der Waals surface area contributed by atoms with Gasteiger partial charge in [-0.15, -0.1) is 24.0 Å². The monoisotopic (exact) mass is 484 g/mol. The Balaban J connectivity index is 0.00000364. The summed E-state index contributed by atoms with van der Waals surface area (Å²) in [7, 11) is 0. The van der Waals surface area contributed by atoms with Gasteiger partial charge in [0.15, 0.2) is 5.96 Å². The van der Waals surface area contributed by atoms with Gasteiger partial charge in [-0.25, -0.2) is 4.99 Å². The van der Waals surface area contributed by atoms with Gasteiger partial charge in [0.1, 0.15) is 0 Å². The minimum absolute atomic E-state index is 0. The van der Waals surface area contributed by atoms with Gasteiger partial charge in [0, 0.05) is 30.9 Å². The molecule has 0 bridgehead atoms. The fraction of sp³-hybridized carbons (Fsp3) is 0.421. The number of guanidine groups is 1. The minimum Gasteiger partial charge on any atom is -0.366 e. The molecule has 2 rings (SSSR count). The highest BCUT2D eigenvalue weighted by molar-refractivity contribution is 14.0. The van der Waals surface area contributed by atoms with Crippen molar-refractivity contribution in [1.82, 2.24) is 20.4 Å². The third-order valence-electron chi connectivity index (χ3n) is 3.92. The van der Waals surface area contributed by atoms with Crippen molar-refractivity contribution >= 4 is 35.8 Å². The lowest BCUT2D eigenvalue weighted by molar-refractivity contribution is 0.1000. The molecule has 27 heavy (non-hydrogen) atoms. The lowest BCUT2D eigenvalue weighted by atomic mass is 10.1. The van der Waals surface area contributed by atoms with Gasteiger partial charge in [0.2, 0.25) is 5.91 Å². The normalized spacial score (nSPS) is 11.0. The summed E-state index contributed by atoms with van der Waals surface area (Å²) in [6.45, 7) is 9.03. The number of nitrogens with one attached hydrogen (secondary N) is 2. The second-order valence-electron chi connectivity index (χ2n) is 6.19. The number of hydrogen-bond acceptors (Lipinski definition) is 3. The van der Waals surface area contributed by atoms with Crippen molar-refractivity contribution in [2.75, 3.05) is 13.1 Å². The van der Waals surface area contributed by atoms with E-state index in [1.807, 2.05) is 30.7 Å². The Bertz CT molecular complexity index is 771. The number of primary amides is 1. The van der Waals surface area contributed by atoms with E-state index >= 15 is 0 Å². The number of aromatic nitrogens is 2. The predicted octanol–water partition coefficient (Wildman–Crippen LogP) is 2.36. The summed E-state index contributed by atoms with van der Waals surface area (Å²) in [5.41, 5.74) is 8.99. The molecule has 1 heterocycles. The van der Waals surface area contributed by atoms with E-state index in [4.69, 9.17) is 5.73 Å². The van der Waals surface area contributed by atoms with Crippen LogP contribution in [0.2, 0.25) is 0 Å². The smallest absolute Gasteiger partial charge is 0.248 e. The quantitative estimate of drug-likeness (QED) is 0.232. The Kier molecular flexibility index (Phi) is 9.84. The first-order valence-electron chi connectivity index (χ1n) is 8.91. The topological polar surface area (TPSA) is 97.3 Å². The number of nitrogens with zero attached hydrogens (tertiary/aromatic N) is 3. The van der Waals surface area contributed by atoms with Crippen molar-refractivity contribution in [3.8, 4) is 0 Å². The number of halogens is 1. The van der Waals surface area contributed by atoms with Crippen molar-refractivity contribution < 1.29 is 4.79 Å². The maximum Gasteiger partial charge on any atom is 0.248 e. The highest BCUT2D eigenvalue weighted by atomic mass is 127. The molecule has 0 saturated carbocycles. The molecule has 0 unspecified atom stereocenters. The second kappa shape index (κ2) is 11.6. The van der Waals surface area contributed by atoms with Crippen molar-refractivity contribution in [2.45, 2.75) is 40.3 Å². The predicted molar refractivity (Wildman–Crippen MR) is 120 cm³/mol. The van der Waals surface area contributed by atoms with Gasteiger partial charge in [0.25, 0.3) is 0 Å². The van der Waals surface area contributed by atoms with Crippen LogP contribution in [0.3, 0.4) is 0 Å². The zero-order valence-electron chi connectivity index (χ0n) is 16.2. The molecular weight excluding hydrogens is 455 g/mol. The Morgan fingerprint density at radius 1 is 1.26 bits per heavy atom. The number of benzene rings is 1. The molecule has 4 N–H and O–H groups in total. The molecule has 7 nitrogen and oxygen atoms in total. The molecule has 1 aromatic heterocycles. The first-order chi connectivity index (χ1) is 12.5. The summed E-state index contributed by atoms with van der Waals surface area (Å²) in [5, 5.41) is 11.0. The van der Waals surface area contributed by atoms with Crippen LogP contribution in [0.4, 0.5) is 0 Å².